The molecule has 0 radical (unpaired) electrons. The maximum atomic E-state index is 10.0. The Morgan fingerprint density at radius 1 is 1.12 bits per heavy atom. The van der Waals surface area contributed by atoms with Crippen molar-refractivity contribution in [1.82, 2.24) is 0 Å². The first-order valence-corrected chi connectivity index (χ1v) is 6.30. The second-order valence-corrected chi connectivity index (χ2v) is 5.10. The lowest BCUT2D eigenvalue weighted by Crippen LogP contribution is -2.24. The van der Waals surface area contributed by atoms with E-state index >= 15 is 0 Å². The molecule has 1 aromatic carbocycles. The van der Waals surface area contributed by atoms with Gasteiger partial charge in [-0.1, -0.05) is 45.0 Å². The summed E-state index contributed by atoms with van der Waals surface area (Å²) >= 11 is 0. The van der Waals surface area contributed by atoms with Gasteiger partial charge >= 0.3 is 0 Å². The summed E-state index contributed by atoms with van der Waals surface area (Å²) in [7, 11) is 1.67. The van der Waals surface area contributed by atoms with Crippen LogP contribution in [-0.2, 0) is 11.2 Å². The summed E-state index contributed by atoms with van der Waals surface area (Å²) in [4.78, 5) is 0. The number of aliphatic hydroxyl groups excluding tert-OH is 1. The van der Waals surface area contributed by atoms with Gasteiger partial charge in [0.05, 0.1) is 12.7 Å². The summed E-state index contributed by atoms with van der Waals surface area (Å²) in [6, 6.07) is 8.51. The zero-order valence-electron chi connectivity index (χ0n) is 11.3. The van der Waals surface area contributed by atoms with Crippen molar-refractivity contribution in [2.45, 2.75) is 39.2 Å². The highest BCUT2D eigenvalue weighted by atomic mass is 16.5. The summed E-state index contributed by atoms with van der Waals surface area (Å²) in [5, 5.41) is 10.0. The van der Waals surface area contributed by atoms with Crippen LogP contribution in [0.2, 0.25) is 0 Å². The summed E-state index contributed by atoms with van der Waals surface area (Å²) in [6.45, 7) is 6.98. The predicted octanol–water partition coefficient (Wildman–Crippen LogP) is 3.00. The fraction of sp³-hybridized carbons (Fsp3) is 0.600. The molecule has 0 aliphatic rings. The van der Waals surface area contributed by atoms with Crippen molar-refractivity contribution in [2.75, 3.05) is 13.7 Å². The topological polar surface area (TPSA) is 29.5 Å². The van der Waals surface area contributed by atoms with Crippen molar-refractivity contribution in [3.63, 3.8) is 0 Å². The molecule has 0 aromatic heterocycles. The largest absolute Gasteiger partial charge is 0.392 e. The van der Waals surface area contributed by atoms with Gasteiger partial charge in [0, 0.05) is 13.0 Å². The van der Waals surface area contributed by atoms with Gasteiger partial charge in [-0.3, -0.25) is 0 Å². The standard InChI is InChI=1S/C15H24O2/c1-11(2)14-7-5-13(6-8-14)9-15(16)12(3)10-17-4/h5-8,11-12,15-16H,9-10H2,1-4H3. The van der Waals surface area contributed by atoms with E-state index in [1.54, 1.807) is 7.11 Å². The van der Waals surface area contributed by atoms with E-state index < -0.39 is 0 Å². The fourth-order valence-electron chi connectivity index (χ4n) is 1.86. The first kappa shape index (κ1) is 14.2. The van der Waals surface area contributed by atoms with Crippen LogP contribution in [0.3, 0.4) is 0 Å². The summed E-state index contributed by atoms with van der Waals surface area (Å²) < 4.78 is 5.05. The van der Waals surface area contributed by atoms with E-state index in [9.17, 15) is 5.11 Å². The monoisotopic (exact) mass is 236 g/mol. The van der Waals surface area contributed by atoms with Crippen molar-refractivity contribution in [3.8, 4) is 0 Å². The molecule has 0 heterocycles. The molecule has 0 saturated carbocycles. The molecule has 1 N–H and O–H groups in total. The Hall–Kier alpha value is -0.860. The lowest BCUT2D eigenvalue weighted by molar-refractivity contribution is 0.0575. The van der Waals surface area contributed by atoms with Crippen LogP contribution in [-0.4, -0.2) is 24.9 Å². The van der Waals surface area contributed by atoms with Crippen LogP contribution in [0, 0.1) is 5.92 Å². The van der Waals surface area contributed by atoms with Gasteiger partial charge in [0.15, 0.2) is 0 Å². The van der Waals surface area contributed by atoms with Crippen LogP contribution < -0.4 is 0 Å². The van der Waals surface area contributed by atoms with Gasteiger partial charge in [-0.15, -0.1) is 0 Å². The predicted molar refractivity (Wildman–Crippen MR) is 71.3 cm³/mol. The Bertz CT molecular complexity index is 316. The van der Waals surface area contributed by atoms with E-state index in [-0.39, 0.29) is 12.0 Å². The van der Waals surface area contributed by atoms with E-state index in [4.69, 9.17) is 4.74 Å². The van der Waals surface area contributed by atoms with Gasteiger partial charge in [0.1, 0.15) is 0 Å². The van der Waals surface area contributed by atoms with Gasteiger partial charge in [-0.2, -0.15) is 0 Å². The van der Waals surface area contributed by atoms with Crippen molar-refractivity contribution in [3.05, 3.63) is 35.4 Å². The second-order valence-electron chi connectivity index (χ2n) is 5.10. The maximum absolute atomic E-state index is 10.0. The van der Waals surface area contributed by atoms with Crippen molar-refractivity contribution in [2.24, 2.45) is 5.92 Å². The molecule has 0 bridgehead atoms. The summed E-state index contributed by atoms with van der Waals surface area (Å²) in [5.41, 5.74) is 2.53. The first-order valence-electron chi connectivity index (χ1n) is 6.30. The molecule has 0 aliphatic heterocycles. The highest BCUT2D eigenvalue weighted by molar-refractivity contribution is 5.25. The zero-order valence-corrected chi connectivity index (χ0v) is 11.3. The highest BCUT2D eigenvalue weighted by Gasteiger charge is 2.14. The Morgan fingerprint density at radius 2 is 1.71 bits per heavy atom. The molecule has 0 aliphatic carbocycles. The zero-order chi connectivity index (χ0) is 12.8. The van der Waals surface area contributed by atoms with Crippen LogP contribution in [0.1, 0.15) is 37.8 Å². The Labute approximate surface area is 105 Å². The number of rotatable bonds is 6. The molecule has 1 rings (SSSR count). The molecule has 2 unspecified atom stereocenters. The number of ether oxygens (including phenoxy) is 1. The minimum Gasteiger partial charge on any atom is -0.392 e. The van der Waals surface area contributed by atoms with E-state index in [1.807, 2.05) is 6.92 Å². The number of methoxy groups -OCH3 is 1. The minimum atomic E-state index is -0.333. The average Bonchev–Trinajstić information content (AvgIpc) is 2.30. The quantitative estimate of drug-likeness (QED) is 0.822. The van der Waals surface area contributed by atoms with Crippen molar-refractivity contribution in [1.29, 1.82) is 0 Å². The molecule has 0 amide bonds. The third-order valence-corrected chi connectivity index (χ3v) is 3.18. The van der Waals surface area contributed by atoms with Crippen LogP contribution in [0.4, 0.5) is 0 Å². The third-order valence-electron chi connectivity index (χ3n) is 3.18. The molecule has 96 valence electrons. The van der Waals surface area contributed by atoms with Crippen molar-refractivity contribution >= 4 is 0 Å². The molecular weight excluding hydrogens is 212 g/mol. The van der Waals surface area contributed by atoms with E-state index in [0.717, 1.165) is 0 Å². The normalized spacial score (nSPS) is 14.9. The SMILES string of the molecule is COCC(C)C(O)Cc1ccc(C(C)C)cc1. The highest BCUT2D eigenvalue weighted by Crippen LogP contribution is 2.17. The van der Waals surface area contributed by atoms with Crippen LogP contribution in [0.25, 0.3) is 0 Å². The van der Waals surface area contributed by atoms with Crippen LogP contribution in [0.15, 0.2) is 24.3 Å². The molecule has 1 aromatic rings. The Kier molecular flexibility index (Phi) is 5.66. The minimum absolute atomic E-state index is 0.171. The van der Waals surface area contributed by atoms with E-state index in [0.29, 0.717) is 18.9 Å². The molecular formula is C15H24O2. The van der Waals surface area contributed by atoms with E-state index in [1.165, 1.54) is 11.1 Å². The molecule has 2 nitrogen and oxygen atoms in total. The smallest absolute Gasteiger partial charge is 0.0628 e. The number of hydrogen-bond donors (Lipinski definition) is 1. The van der Waals surface area contributed by atoms with Crippen LogP contribution in [0.5, 0.6) is 0 Å². The van der Waals surface area contributed by atoms with Crippen molar-refractivity contribution < 1.29 is 9.84 Å². The Morgan fingerprint density at radius 3 is 2.18 bits per heavy atom. The molecule has 0 fully saturated rings. The van der Waals surface area contributed by atoms with Gasteiger partial charge in [-0.05, 0) is 23.5 Å². The number of aliphatic hydroxyl groups is 1. The Balaban J connectivity index is 2.56. The summed E-state index contributed by atoms with van der Waals surface area (Å²) in [5.74, 6) is 0.728. The van der Waals surface area contributed by atoms with Gasteiger partial charge in [0.2, 0.25) is 0 Å². The molecule has 17 heavy (non-hydrogen) atoms. The van der Waals surface area contributed by atoms with Gasteiger partial charge < -0.3 is 9.84 Å². The molecule has 0 saturated heterocycles. The lowest BCUT2D eigenvalue weighted by atomic mass is 9.96. The molecule has 2 atom stereocenters. The molecule has 0 spiro atoms. The maximum Gasteiger partial charge on any atom is 0.0628 e. The lowest BCUT2D eigenvalue weighted by Gasteiger charge is -2.18. The third kappa shape index (κ3) is 4.49. The van der Waals surface area contributed by atoms with Gasteiger partial charge in [0.25, 0.3) is 0 Å². The fourth-order valence-corrected chi connectivity index (χ4v) is 1.86. The summed E-state index contributed by atoms with van der Waals surface area (Å²) in [6.07, 6.45) is 0.364. The van der Waals surface area contributed by atoms with Crippen LogP contribution >= 0.6 is 0 Å². The molecule has 2 heteroatoms. The first-order chi connectivity index (χ1) is 8.04. The number of hydrogen-bond acceptors (Lipinski definition) is 2. The van der Waals surface area contributed by atoms with Gasteiger partial charge in [-0.25, -0.2) is 0 Å². The average molecular weight is 236 g/mol. The second kappa shape index (κ2) is 6.77. The van der Waals surface area contributed by atoms with E-state index in [2.05, 4.69) is 38.1 Å². The number of benzene rings is 1.